The van der Waals surface area contributed by atoms with Crippen molar-refractivity contribution in [1.29, 1.82) is 0 Å². The van der Waals surface area contributed by atoms with Gasteiger partial charge in [-0.3, -0.25) is 29.4 Å². The number of carbonyl (C=O) groups is 3. The summed E-state index contributed by atoms with van der Waals surface area (Å²) in [6.07, 6.45) is 1.54. The first-order chi connectivity index (χ1) is 18.8. The fourth-order valence-corrected chi connectivity index (χ4v) is 4.64. The Morgan fingerprint density at radius 2 is 1.79 bits per heavy atom. The Morgan fingerprint density at radius 1 is 1.05 bits per heavy atom. The second-order valence-electron chi connectivity index (χ2n) is 8.44. The van der Waals surface area contributed by atoms with E-state index in [1.807, 2.05) is 19.1 Å². The summed E-state index contributed by atoms with van der Waals surface area (Å²) in [5.41, 5.74) is 2.41. The monoisotopic (exact) mass is 547 g/mol. The molecule has 39 heavy (non-hydrogen) atoms. The van der Waals surface area contributed by atoms with E-state index < -0.39 is 28.5 Å². The van der Waals surface area contributed by atoms with Crippen molar-refractivity contribution < 1.29 is 28.8 Å². The van der Waals surface area contributed by atoms with E-state index in [1.165, 1.54) is 6.07 Å². The summed E-state index contributed by atoms with van der Waals surface area (Å²) in [7, 11) is 0. The molecule has 1 heterocycles. The first kappa shape index (κ1) is 27.4. The molecule has 200 valence electrons. The Bertz CT molecular complexity index is 1470. The molecule has 0 atom stereocenters. The minimum atomic E-state index is -0.570. The van der Waals surface area contributed by atoms with Gasteiger partial charge < -0.3 is 14.8 Å². The number of anilines is 1. The van der Waals surface area contributed by atoms with Crippen LogP contribution in [0.15, 0.2) is 71.6 Å². The largest absolute Gasteiger partial charge is 0.490 e. The number of nitrogens with one attached hydrogen (secondary N) is 1. The van der Waals surface area contributed by atoms with Crippen molar-refractivity contribution in [1.82, 2.24) is 4.90 Å². The number of nitro benzene ring substituents is 1. The number of hydrogen-bond donors (Lipinski definition) is 1. The van der Waals surface area contributed by atoms with Crippen LogP contribution in [0.3, 0.4) is 0 Å². The lowest BCUT2D eigenvalue weighted by molar-refractivity contribution is -0.385. The highest BCUT2D eigenvalue weighted by Crippen LogP contribution is 2.35. The van der Waals surface area contributed by atoms with Gasteiger partial charge in [-0.15, -0.1) is 0 Å². The number of benzene rings is 3. The molecule has 0 aromatic heterocycles. The summed E-state index contributed by atoms with van der Waals surface area (Å²) < 4.78 is 11.5. The number of para-hydroxylation sites is 2. The number of imide groups is 1. The molecule has 11 heteroatoms. The predicted molar refractivity (Wildman–Crippen MR) is 148 cm³/mol. The van der Waals surface area contributed by atoms with Crippen LogP contribution in [0.1, 0.15) is 23.6 Å². The average Bonchev–Trinajstić information content (AvgIpc) is 3.17. The molecule has 0 spiro atoms. The van der Waals surface area contributed by atoms with Crippen LogP contribution in [0, 0.1) is 17.0 Å². The van der Waals surface area contributed by atoms with Gasteiger partial charge in [-0.25, -0.2) is 0 Å². The highest BCUT2D eigenvalue weighted by Gasteiger charge is 2.36. The molecule has 0 aliphatic carbocycles. The summed E-state index contributed by atoms with van der Waals surface area (Å²) in [6, 6.07) is 18.5. The van der Waals surface area contributed by atoms with E-state index in [1.54, 1.807) is 61.5 Å². The minimum absolute atomic E-state index is 0.0416. The molecule has 1 aliphatic heterocycles. The Balaban J connectivity index is 1.47. The molecule has 3 aromatic rings. The molecular weight excluding hydrogens is 522 g/mol. The molecule has 0 unspecified atom stereocenters. The lowest BCUT2D eigenvalue weighted by atomic mass is 10.1. The van der Waals surface area contributed by atoms with Gasteiger partial charge in [0, 0.05) is 11.8 Å². The van der Waals surface area contributed by atoms with Crippen LogP contribution >= 0.6 is 11.8 Å². The molecule has 4 rings (SSSR count). The van der Waals surface area contributed by atoms with Crippen molar-refractivity contribution in [2.24, 2.45) is 0 Å². The van der Waals surface area contributed by atoms with Crippen LogP contribution < -0.4 is 14.8 Å². The third-order valence-corrected chi connectivity index (χ3v) is 6.64. The van der Waals surface area contributed by atoms with Gasteiger partial charge in [0.05, 0.1) is 22.0 Å². The Hall–Kier alpha value is -4.64. The number of thioether (sulfide) groups is 1. The number of ether oxygens (including phenoxy) is 2. The van der Waals surface area contributed by atoms with Gasteiger partial charge in [-0.05, 0) is 67.1 Å². The van der Waals surface area contributed by atoms with Crippen molar-refractivity contribution >= 4 is 46.3 Å². The van der Waals surface area contributed by atoms with Gasteiger partial charge in [0.15, 0.2) is 11.5 Å². The van der Waals surface area contributed by atoms with Crippen LogP contribution in [0.2, 0.25) is 0 Å². The number of hydrogen-bond acceptors (Lipinski definition) is 8. The second kappa shape index (κ2) is 12.3. The third kappa shape index (κ3) is 6.63. The topological polar surface area (TPSA) is 128 Å². The van der Waals surface area contributed by atoms with Gasteiger partial charge in [-0.2, -0.15) is 0 Å². The van der Waals surface area contributed by atoms with E-state index >= 15 is 0 Å². The summed E-state index contributed by atoms with van der Waals surface area (Å²) in [6.45, 7) is 3.53. The summed E-state index contributed by atoms with van der Waals surface area (Å²) in [5.74, 6) is -0.305. The number of nitro groups is 1. The van der Waals surface area contributed by atoms with Gasteiger partial charge >= 0.3 is 0 Å². The molecule has 3 amide bonds. The summed E-state index contributed by atoms with van der Waals surface area (Å²) in [5, 5.41) is 13.5. The molecule has 10 nitrogen and oxygen atoms in total. The lowest BCUT2D eigenvalue weighted by Gasteiger charge is -2.14. The molecule has 0 saturated carbocycles. The van der Waals surface area contributed by atoms with E-state index in [4.69, 9.17) is 9.47 Å². The van der Waals surface area contributed by atoms with Gasteiger partial charge in [-0.1, -0.05) is 36.4 Å². The van der Waals surface area contributed by atoms with Crippen LogP contribution in [0.4, 0.5) is 16.2 Å². The first-order valence-electron chi connectivity index (χ1n) is 12.0. The molecule has 1 N–H and O–H groups in total. The number of amides is 3. The summed E-state index contributed by atoms with van der Waals surface area (Å²) >= 11 is 0.746. The predicted octanol–water partition coefficient (Wildman–Crippen LogP) is 5.56. The van der Waals surface area contributed by atoms with Gasteiger partial charge in [0.2, 0.25) is 5.91 Å². The highest BCUT2D eigenvalue weighted by molar-refractivity contribution is 8.18. The number of nitrogens with zero attached hydrogens (tertiary/aromatic N) is 2. The van der Waals surface area contributed by atoms with E-state index in [9.17, 15) is 24.5 Å². The zero-order chi connectivity index (χ0) is 27.9. The molecule has 1 fully saturated rings. The van der Waals surface area contributed by atoms with Crippen molar-refractivity contribution in [3.63, 3.8) is 0 Å². The normalized spacial score (nSPS) is 14.0. The zero-order valence-electron chi connectivity index (χ0n) is 21.2. The molecular formula is C28H25N3O7S. The molecule has 1 aliphatic rings. The van der Waals surface area contributed by atoms with Crippen molar-refractivity contribution in [3.05, 3.63) is 98.4 Å². The SMILES string of the molecule is CCOc1cc(/C=C2/SC(=O)N(CC(=O)Nc3ccccc3C)C2=O)ccc1OCc1ccccc1[N+](=O)[O-]. The van der Waals surface area contributed by atoms with Crippen molar-refractivity contribution in [3.8, 4) is 11.5 Å². The van der Waals surface area contributed by atoms with Gasteiger partial charge in [0.25, 0.3) is 16.8 Å². The Morgan fingerprint density at radius 3 is 2.54 bits per heavy atom. The highest BCUT2D eigenvalue weighted by atomic mass is 32.2. The van der Waals surface area contributed by atoms with Crippen LogP contribution in [-0.4, -0.2) is 40.0 Å². The fraction of sp³-hybridized carbons (Fsp3) is 0.179. The van der Waals surface area contributed by atoms with E-state index in [0.717, 1.165) is 22.2 Å². The number of aryl methyl sites for hydroxylation is 1. The molecule has 0 bridgehead atoms. The lowest BCUT2D eigenvalue weighted by Crippen LogP contribution is -2.36. The number of rotatable bonds is 10. The van der Waals surface area contributed by atoms with Crippen LogP contribution in [0.5, 0.6) is 11.5 Å². The Kier molecular flexibility index (Phi) is 8.62. The third-order valence-electron chi connectivity index (χ3n) is 5.73. The smallest absolute Gasteiger partial charge is 0.294 e. The zero-order valence-corrected chi connectivity index (χ0v) is 22.0. The minimum Gasteiger partial charge on any atom is -0.490 e. The first-order valence-corrected chi connectivity index (χ1v) is 12.8. The van der Waals surface area contributed by atoms with E-state index in [-0.39, 0.29) is 17.2 Å². The number of carbonyl (C=O) groups excluding carboxylic acids is 3. The standard InChI is InChI=1S/C28H25N3O7S/c1-3-37-24-14-19(12-13-23(24)38-17-20-9-5-7-11-22(20)31(35)36)15-25-27(33)30(28(34)39-25)16-26(32)29-21-10-6-4-8-18(21)2/h4-15H,3,16-17H2,1-2H3,(H,29,32)/b25-15+. The molecule has 3 aromatic carbocycles. The molecule has 1 saturated heterocycles. The van der Waals surface area contributed by atoms with Crippen LogP contribution in [0.25, 0.3) is 6.08 Å². The maximum Gasteiger partial charge on any atom is 0.294 e. The quantitative estimate of drug-likeness (QED) is 0.199. The molecule has 0 radical (unpaired) electrons. The maximum absolute atomic E-state index is 12.9. The average molecular weight is 548 g/mol. The van der Waals surface area contributed by atoms with Crippen molar-refractivity contribution in [2.75, 3.05) is 18.5 Å². The van der Waals surface area contributed by atoms with Gasteiger partial charge in [0.1, 0.15) is 13.2 Å². The summed E-state index contributed by atoms with van der Waals surface area (Å²) in [4.78, 5) is 49.8. The van der Waals surface area contributed by atoms with E-state index in [2.05, 4.69) is 5.32 Å². The Labute approximate surface area is 228 Å². The van der Waals surface area contributed by atoms with Crippen molar-refractivity contribution in [2.45, 2.75) is 20.5 Å². The second-order valence-corrected chi connectivity index (χ2v) is 9.44. The van der Waals surface area contributed by atoms with Crippen LogP contribution in [-0.2, 0) is 16.2 Å². The maximum atomic E-state index is 12.9. The fourth-order valence-electron chi connectivity index (χ4n) is 3.80. The van der Waals surface area contributed by atoms with E-state index in [0.29, 0.717) is 34.9 Å².